The maximum atomic E-state index is 10.9. The van der Waals surface area contributed by atoms with Gasteiger partial charge in [0.2, 0.25) is 0 Å². The minimum Gasteiger partial charge on any atom is -0.489 e. The topological polar surface area (TPSA) is 87.3 Å². The number of ether oxygens (including phenoxy) is 2. The Labute approximate surface area is 214 Å². The number of carbonyl (C=O) groups is 1. The van der Waals surface area contributed by atoms with Crippen molar-refractivity contribution in [2.75, 3.05) is 0 Å². The summed E-state index contributed by atoms with van der Waals surface area (Å²) in [7, 11) is 0. The highest BCUT2D eigenvalue weighted by molar-refractivity contribution is 5.94. The summed E-state index contributed by atoms with van der Waals surface area (Å²) in [5.74, 6) is 0.679. The summed E-state index contributed by atoms with van der Waals surface area (Å²) in [6, 6.07) is 35.2. The van der Waals surface area contributed by atoms with Crippen molar-refractivity contribution in [3.63, 3.8) is 0 Å². The first-order valence-corrected chi connectivity index (χ1v) is 11.9. The number of nitrogens with one attached hydrogen (secondary N) is 2. The molecule has 6 heteroatoms. The van der Waals surface area contributed by atoms with Crippen molar-refractivity contribution in [2.45, 2.75) is 13.2 Å². The van der Waals surface area contributed by atoms with Gasteiger partial charge in [0, 0.05) is 28.0 Å². The number of carboxylic acids is 1. The molecular formula is C31H26N2O4. The minimum absolute atomic E-state index is 0.181. The van der Waals surface area contributed by atoms with Gasteiger partial charge in [-0.1, -0.05) is 66.7 Å². The normalized spacial score (nSPS) is 10.6. The van der Waals surface area contributed by atoms with Gasteiger partial charge >= 0.3 is 5.97 Å². The Hall–Kier alpha value is -4.97. The van der Waals surface area contributed by atoms with Crippen molar-refractivity contribution in [1.82, 2.24) is 9.97 Å². The van der Waals surface area contributed by atoms with E-state index in [1.165, 1.54) is 5.56 Å². The lowest BCUT2D eigenvalue weighted by Crippen LogP contribution is -1.94. The van der Waals surface area contributed by atoms with Crippen LogP contribution < -0.4 is 9.47 Å². The Morgan fingerprint density at radius 3 is 2.11 bits per heavy atom. The third-order valence-corrected chi connectivity index (χ3v) is 5.86. The van der Waals surface area contributed by atoms with Crippen LogP contribution in [0.3, 0.4) is 0 Å². The van der Waals surface area contributed by atoms with Crippen LogP contribution in [0.1, 0.15) is 21.6 Å². The summed E-state index contributed by atoms with van der Waals surface area (Å²) in [6.07, 6.45) is 1.93. The molecule has 6 rings (SSSR count). The summed E-state index contributed by atoms with van der Waals surface area (Å²) < 4.78 is 11.6. The van der Waals surface area contributed by atoms with Crippen LogP contribution in [-0.4, -0.2) is 21.0 Å². The maximum Gasteiger partial charge on any atom is 0.352 e. The smallest absolute Gasteiger partial charge is 0.352 e. The third kappa shape index (κ3) is 6.00. The highest BCUT2D eigenvalue weighted by Crippen LogP contribution is 2.25. The lowest BCUT2D eigenvalue weighted by molar-refractivity contribution is 0.0691. The molecule has 2 heterocycles. The number of hydrogen-bond acceptors (Lipinski definition) is 3. The van der Waals surface area contributed by atoms with Crippen molar-refractivity contribution in [3.8, 4) is 11.5 Å². The zero-order chi connectivity index (χ0) is 25.5. The van der Waals surface area contributed by atoms with Gasteiger partial charge < -0.3 is 24.5 Å². The Morgan fingerprint density at radius 1 is 0.703 bits per heavy atom. The van der Waals surface area contributed by atoms with Gasteiger partial charge in [0.1, 0.15) is 30.4 Å². The van der Waals surface area contributed by atoms with Crippen molar-refractivity contribution >= 4 is 27.8 Å². The standard InChI is InChI=1S/C16H13NO3.C15H13NO/c18-16(19)15-9-12-8-13(6-7-14(12)17-15)20-10-11-4-2-1-3-5-11;1-2-5-12(6-3-1)11-17-15-8-4-7-14-13(15)9-10-16-14/h1-9,17H,10H2,(H,18,19);1-10,16H,11H2. The molecule has 0 radical (unpaired) electrons. The van der Waals surface area contributed by atoms with Gasteiger partial charge in [-0.05, 0) is 53.6 Å². The second kappa shape index (κ2) is 11.2. The number of benzene rings is 4. The number of fused-ring (bicyclic) bond motifs is 2. The molecule has 2 aromatic heterocycles. The highest BCUT2D eigenvalue weighted by atomic mass is 16.5. The molecule has 0 saturated carbocycles. The molecule has 184 valence electrons. The molecule has 4 aromatic carbocycles. The molecular weight excluding hydrogens is 464 g/mol. The van der Waals surface area contributed by atoms with Crippen molar-refractivity contribution in [3.05, 3.63) is 132 Å². The van der Waals surface area contributed by atoms with Gasteiger partial charge in [-0.2, -0.15) is 0 Å². The predicted molar refractivity (Wildman–Crippen MR) is 145 cm³/mol. The molecule has 3 N–H and O–H groups in total. The second-order valence-corrected chi connectivity index (χ2v) is 8.48. The zero-order valence-electron chi connectivity index (χ0n) is 20.1. The molecule has 0 amide bonds. The Balaban J connectivity index is 0.000000153. The molecule has 0 unspecified atom stereocenters. The first-order valence-electron chi connectivity index (χ1n) is 11.9. The monoisotopic (exact) mass is 490 g/mol. The van der Waals surface area contributed by atoms with Crippen LogP contribution >= 0.6 is 0 Å². The van der Waals surface area contributed by atoms with E-state index < -0.39 is 5.97 Å². The SMILES string of the molecule is O=C(O)c1cc2cc(OCc3ccccc3)ccc2[nH]1.c1ccc(COc2cccc3[nH]ccc23)cc1. The molecule has 6 aromatic rings. The summed E-state index contributed by atoms with van der Waals surface area (Å²) in [6.45, 7) is 1.09. The Morgan fingerprint density at radius 2 is 1.41 bits per heavy atom. The Bertz CT molecular complexity index is 1600. The number of hydrogen-bond donors (Lipinski definition) is 3. The molecule has 0 aliphatic carbocycles. The van der Waals surface area contributed by atoms with Crippen LogP contribution in [0.2, 0.25) is 0 Å². The number of aromatic nitrogens is 2. The van der Waals surface area contributed by atoms with E-state index in [-0.39, 0.29) is 5.69 Å². The molecule has 6 nitrogen and oxygen atoms in total. The van der Waals surface area contributed by atoms with Crippen molar-refractivity contribution in [2.24, 2.45) is 0 Å². The van der Waals surface area contributed by atoms with E-state index in [9.17, 15) is 4.79 Å². The molecule has 0 bridgehead atoms. The van der Waals surface area contributed by atoms with E-state index in [0.29, 0.717) is 13.2 Å². The zero-order valence-corrected chi connectivity index (χ0v) is 20.1. The molecule has 0 spiro atoms. The molecule has 0 atom stereocenters. The van der Waals surface area contributed by atoms with E-state index in [4.69, 9.17) is 14.6 Å². The van der Waals surface area contributed by atoms with Gasteiger partial charge in [-0.3, -0.25) is 0 Å². The van der Waals surface area contributed by atoms with E-state index in [0.717, 1.165) is 38.9 Å². The summed E-state index contributed by atoms with van der Waals surface area (Å²) in [5.41, 5.74) is 4.35. The fourth-order valence-electron chi connectivity index (χ4n) is 3.97. The molecule has 37 heavy (non-hydrogen) atoms. The van der Waals surface area contributed by atoms with Crippen LogP contribution in [0, 0.1) is 0 Å². The van der Waals surface area contributed by atoms with Crippen molar-refractivity contribution in [1.29, 1.82) is 0 Å². The molecule has 0 saturated heterocycles. The number of rotatable bonds is 7. The van der Waals surface area contributed by atoms with Gasteiger partial charge in [-0.25, -0.2) is 4.79 Å². The predicted octanol–water partition coefficient (Wildman–Crippen LogP) is 7.19. The summed E-state index contributed by atoms with van der Waals surface area (Å²) >= 11 is 0. The molecule has 0 fully saturated rings. The van der Waals surface area contributed by atoms with Gasteiger partial charge in [-0.15, -0.1) is 0 Å². The van der Waals surface area contributed by atoms with Gasteiger partial charge in [0.05, 0.1) is 0 Å². The average molecular weight is 491 g/mol. The molecule has 0 aliphatic heterocycles. The van der Waals surface area contributed by atoms with E-state index in [1.54, 1.807) is 6.07 Å². The van der Waals surface area contributed by atoms with E-state index >= 15 is 0 Å². The lowest BCUT2D eigenvalue weighted by Gasteiger charge is -2.07. The second-order valence-electron chi connectivity index (χ2n) is 8.48. The van der Waals surface area contributed by atoms with Crippen LogP contribution in [0.25, 0.3) is 21.8 Å². The number of aromatic amines is 2. The summed E-state index contributed by atoms with van der Waals surface area (Å²) in [5, 5.41) is 10.9. The number of carboxylic acid groups (broad SMARTS) is 1. The van der Waals surface area contributed by atoms with Crippen molar-refractivity contribution < 1.29 is 19.4 Å². The van der Waals surface area contributed by atoms with Gasteiger partial charge in [0.15, 0.2) is 0 Å². The van der Waals surface area contributed by atoms with Crippen LogP contribution in [0.15, 0.2) is 115 Å². The van der Waals surface area contributed by atoms with Crippen LogP contribution in [0.4, 0.5) is 0 Å². The lowest BCUT2D eigenvalue weighted by atomic mass is 10.2. The average Bonchev–Trinajstić information content (AvgIpc) is 3.60. The largest absolute Gasteiger partial charge is 0.489 e. The number of aromatic carboxylic acids is 1. The molecule has 0 aliphatic rings. The first kappa shape index (κ1) is 23.8. The number of H-pyrrole nitrogens is 2. The highest BCUT2D eigenvalue weighted by Gasteiger charge is 2.08. The third-order valence-electron chi connectivity index (χ3n) is 5.86. The fraction of sp³-hybridized carbons (Fsp3) is 0.0645. The van der Waals surface area contributed by atoms with E-state index in [1.807, 2.05) is 97.2 Å². The van der Waals surface area contributed by atoms with Crippen LogP contribution in [0.5, 0.6) is 11.5 Å². The quantitative estimate of drug-likeness (QED) is 0.221. The van der Waals surface area contributed by atoms with Crippen LogP contribution in [-0.2, 0) is 13.2 Å². The first-order chi connectivity index (χ1) is 18.2. The maximum absolute atomic E-state index is 10.9. The Kier molecular flexibility index (Phi) is 7.18. The van der Waals surface area contributed by atoms with Gasteiger partial charge in [0.25, 0.3) is 0 Å². The summed E-state index contributed by atoms with van der Waals surface area (Å²) in [4.78, 5) is 16.9. The fourth-order valence-corrected chi connectivity index (χ4v) is 3.97. The minimum atomic E-state index is -0.965. The van der Waals surface area contributed by atoms with E-state index in [2.05, 4.69) is 22.1 Å².